The number of hydrogen-bond donors (Lipinski definition) is 0. The summed E-state index contributed by atoms with van der Waals surface area (Å²) in [6.07, 6.45) is 6.90. The van der Waals surface area contributed by atoms with Gasteiger partial charge in [0, 0.05) is 22.1 Å². The molecular formula is C49H39N3. The van der Waals surface area contributed by atoms with Crippen molar-refractivity contribution in [3.05, 3.63) is 163 Å². The van der Waals surface area contributed by atoms with Gasteiger partial charge in [0.1, 0.15) is 0 Å². The fourth-order valence-electron chi connectivity index (χ4n) is 11.0. The number of fused-ring (bicyclic) bond motifs is 3. The Hall–Kier alpha value is -5.67. The van der Waals surface area contributed by atoms with Crippen molar-refractivity contribution in [1.29, 1.82) is 0 Å². The molecule has 0 N–H and O–H groups in total. The molecular weight excluding hydrogens is 631 g/mol. The van der Waals surface area contributed by atoms with Crippen LogP contribution in [0.1, 0.15) is 43.2 Å². The van der Waals surface area contributed by atoms with Gasteiger partial charge in [-0.25, -0.2) is 15.0 Å². The molecule has 5 aliphatic carbocycles. The van der Waals surface area contributed by atoms with Crippen LogP contribution >= 0.6 is 0 Å². The summed E-state index contributed by atoms with van der Waals surface area (Å²) in [5.41, 5.74) is 13.7. The lowest BCUT2D eigenvalue weighted by molar-refractivity contribution is -0.0399. The first-order valence-corrected chi connectivity index (χ1v) is 19.0. The van der Waals surface area contributed by atoms with Crippen molar-refractivity contribution >= 4 is 0 Å². The summed E-state index contributed by atoms with van der Waals surface area (Å²) in [5, 5.41) is 0. The van der Waals surface area contributed by atoms with E-state index in [1.54, 1.807) is 5.56 Å². The Bertz CT molecular complexity index is 2350. The van der Waals surface area contributed by atoms with Crippen molar-refractivity contribution in [3.8, 4) is 67.5 Å². The van der Waals surface area contributed by atoms with Crippen LogP contribution in [0.3, 0.4) is 0 Å². The predicted molar refractivity (Wildman–Crippen MR) is 210 cm³/mol. The van der Waals surface area contributed by atoms with Gasteiger partial charge < -0.3 is 0 Å². The van der Waals surface area contributed by atoms with Gasteiger partial charge in [-0.3, -0.25) is 0 Å². The summed E-state index contributed by atoms with van der Waals surface area (Å²) in [7, 11) is 0. The highest BCUT2D eigenvalue weighted by molar-refractivity contribution is 5.84. The maximum atomic E-state index is 5.29. The maximum Gasteiger partial charge on any atom is 0.164 e. The van der Waals surface area contributed by atoms with Crippen LogP contribution in [0, 0.1) is 23.7 Å². The van der Waals surface area contributed by atoms with Crippen molar-refractivity contribution in [3.63, 3.8) is 0 Å². The van der Waals surface area contributed by atoms with E-state index in [4.69, 9.17) is 15.0 Å². The van der Waals surface area contributed by atoms with E-state index in [0.29, 0.717) is 23.5 Å². The topological polar surface area (TPSA) is 38.7 Å². The molecule has 0 amide bonds. The van der Waals surface area contributed by atoms with Gasteiger partial charge in [0.05, 0.1) is 0 Å². The zero-order valence-electron chi connectivity index (χ0n) is 29.1. The highest BCUT2D eigenvalue weighted by Crippen LogP contribution is 2.69. The van der Waals surface area contributed by atoms with Crippen LogP contribution in [0.5, 0.6) is 0 Å². The van der Waals surface area contributed by atoms with Crippen LogP contribution in [-0.4, -0.2) is 15.0 Å². The average Bonchev–Trinajstić information content (AvgIpc) is 3.50. The Kier molecular flexibility index (Phi) is 6.74. The summed E-state index contributed by atoms with van der Waals surface area (Å²) >= 11 is 0. The van der Waals surface area contributed by atoms with Gasteiger partial charge in [0.2, 0.25) is 0 Å². The minimum atomic E-state index is 0.0854. The molecule has 7 aromatic rings. The molecule has 4 bridgehead atoms. The molecule has 4 saturated carbocycles. The summed E-state index contributed by atoms with van der Waals surface area (Å²) < 4.78 is 0. The highest BCUT2D eigenvalue weighted by Gasteiger charge is 2.61. The normalized spacial score (nSPS) is 23.5. The Morgan fingerprint density at radius 1 is 0.346 bits per heavy atom. The van der Waals surface area contributed by atoms with E-state index in [1.165, 1.54) is 59.9 Å². The third-order valence-electron chi connectivity index (χ3n) is 12.9. The minimum Gasteiger partial charge on any atom is -0.208 e. The van der Waals surface area contributed by atoms with Crippen molar-refractivity contribution < 1.29 is 0 Å². The molecule has 4 fully saturated rings. The molecule has 1 aromatic heterocycles. The van der Waals surface area contributed by atoms with Crippen LogP contribution < -0.4 is 0 Å². The molecule has 0 saturated heterocycles. The van der Waals surface area contributed by atoms with E-state index in [2.05, 4.69) is 152 Å². The van der Waals surface area contributed by atoms with E-state index in [-0.39, 0.29) is 5.41 Å². The maximum absolute atomic E-state index is 5.29. The molecule has 52 heavy (non-hydrogen) atoms. The van der Waals surface area contributed by atoms with E-state index >= 15 is 0 Å². The molecule has 0 aliphatic heterocycles. The molecule has 0 radical (unpaired) electrons. The third-order valence-corrected chi connectivity index (χ3v) is 12.9. The second-order valence-corrected chi connectivity index (χ2v) is 15.7. The molecule has 12 rings (SSSR count). The van der Waals surface area contributed by atoms with Gasteiger partial charge in [-0.05, 0) is 118 Å². The van der Waals surface area contributed by atoms with E-state index in [0.717, 1.165) is 45.5 Å². The molecule has 0 atom stereocenters. The smallest absolute Gasteiger partial charge is 0.164 e. The Morgan fingerprint density at radius 3 is 1.35 bits per heavy atom. The van der Waals surface area contributed by atoms with E-state index in [9.17, 15) is 0 Å². The first-order chi connectivity index (χ1) is 25.7. The number of nitrogens with zero attached hydrogens (tertiary/aromatic N) is 3. The summed E-state index contributed by atoms with van der Waals surface area (Å²) in [6.45, 7) is 0. The van der Waals surface area contributed by atoms with Gasteiger partial charge in [-0.2, -0.15) is 0 Å². The lowest BCUT2D eigenvalue weighted by Crippen LogP contribution is -2.55. The van der Waals surface area contributed by atoms with Gasteiger partial charge in [-0.15, -0.1) is 0 Å². The van der Waals surface area contributed by atoms with Gasteiger partial charge in [0.25, 0.3) is 0 Å². The summed E-state index contributed by atoms with van der Waals surface area (Å²) in [5.74, 6) is 5.32. The SMILES string of the molecule is c1ccc(-c2cccc(-c3nc(-c4cccc(-c5ccccc5)c4)nc(-c4ccc5c(c4)C4(c6ccccc6-5)C5CC6CC(C5)CC4C6)n3)c2)cc1. The Labute approximate surface area is 305 Å². The monoisotopic (exact) mass is 669 g/mol. The second kappa shape index (κ2) is 11.7. The third kappa shape index (κ3) is 4.61. The first kappa shape index (κ1) is 30.0. The van der Waals surface area contributed by atoms with Crippen molar-refractivity contribution in [2.45, 2.75) is 37.5 Å². The number of aromatic nitrogens is 3. The zero-order chi connectivity index (χ0) is 34.2. The van der Waals surface area contributed by atoms with Gasteiger partial charge in [0.15, 0.2) is 17.5 Å². The molecule has 3 nitrogen and oxygen atoms in total. The fourth-order valence-corrected chi connectivity index (χ4v) is 11.0. The summed E-state index contributed by atoms with van der Waals surface area (Å²) in [4.78, 5) is 15.8. The lowest BCUT2D eigenvalue weighted by atomic mass is 9.43. The zero-order valence-corrected chi connectivity index (χ0v) is 29.1. The molecule has 1 heterocycles. The Balaban J connectivity index is 1.09. The largest absolute Gasteiger partial charge is 0.208 e. The van der Waals surface area contributed by atoms with Crippen LogP contribution in [-0.2, 0) is 5.41 Å². The van der Waals surface area contributed by atoms with Gasteiger partial charge >= 0.3 is 0 Å². The van der Waals surface area contributed by atoms with Gasteiger partial charge in [-0.1, -0.05) is 133 Å². The van der Waals surface area contributed by atoms with E-state index in [1.807, 2.05) is 0 Å². The van der Waals surface area contributed by atoms with Crippen molar-refractivity contribution in [1.82, 2.24) is 15.0 Å². The molecule has 6 aromatic carbocycles. The lowest BCUT2D eigenvalue weighted by Gasteiger charge is -2.61. The highest BCUT2D eigenvalue weighted by atomic mass is 15.0. The number of rotatable bonds is 5. The first-order valence-electron chi connectivity index (χ1n) is 19.0. The van der Waals surface area contributed by atoms with Crippen LogP contribution in [0.2, 0.25) is 0 Å². The standard InChI is InChI=1S/C49H39N3/c1-3-11-33(12-4-1)35-15-9-17-37(28-35)46-50-47(38-18-10-16-36(29-38)34-13-5-2-6-14-34)52-48(51-46)39-21-22-43-42-19-7-8-20-44(42)49(45(43)30-39)40-24-31-23-32(26-40)27-41(49)25-31/h1-22,28-32,40-41H,23-27H2. The van der Waals surface area contributed by atoms with Crippen LogP contribution in [0.4, 0.5) is 0 Å². The van der Waals surface area contributed by atoms with Crippen LogP contribution in [0.25, 0.3) is 67.5 Å². The van der Waals surface area contributed by atoms with Crippen LogP contribution in [0.15, 0.2) is 152 Å². The summed E-state index contributed by atoms with van der Waals surface area (Å²) in [6, 6.07) is 54.7. The second-order valence-electron chi connectivity index (χ2n) is 15.7. The molecule has 0 unspecified atom stereocenters. The predicted octanol–water partition coefficient (Wildman–Crippen LogP) is 11.9. The molecule has 250 valence electrons. The van der Waals surface area contributed by atoms with Crippen molar-refractivity contribution in [2.75, 3.05) is 0 Å². The van der Waals surface area contributed by atoms with Crippen molar-refractivity contribution in [2.24, 2.45) is 23.7 Å². The molecule has 3 heteroatoms. The quantitative estimate of drug-likeness (QED) is 0.183. The van der Waals surface area contributed by atoms with E-state index < -0.39 is 0 Å². The number of benzene rings is 6. The fraction of sp³-hybridized carbons (Fsp3) is 0.204. The molecule has 5 aliphatic rings. The Morgan fingerprint density at radius 2 is 0.788 bits per heavy atom. The average molecular weight is 670 g/mol. The molecule has 1 spiro atoms. The number of hydrogen-bond acceptors (Lipinski definition) is 3. The minimum absolute atomic E-state index is 0.0854.